The summed E-state index contributed by atoms with van der Waals surface area (Å²) in [6, 6.07) is 13.7. The Hall–Kier alpha value is -2.31. The van der Waals surface area contributed by atoms with Crippen LogP contribution in [0.3, 0.4) is 0 Å². The molecular formula is C18H16ClNO4S. The molecule has 0 atom stereocenters. The van der Waals surface area contributed by atoms with Crippen LogP contribution in [0.25, 0.3) is 0 Å². The lowest BCUT2D eigenvalue weighted by Gasteiger charge is -2.07. The monoisotopic (exact) mass is 377 g/mol. The summed E-state index contributed by atoms with van der Waals surface area (Å²) >= 11 is 9.34. The van der Waals surface area contributed by atoms with Crippen molar-refractivity contribution in [2.75, 3.05) is 6.61 Å². The highest BCUT2D eigenvalue weighted by atomic mass is 35.5. The van der Waals surface area contributed by atoms with Crippen LogP contribution in [-0.2, 0) is 11.2 Å². The number of thiol groups is 1. The van der Waals surface area contributed by atoms with Gasteiger partial charge in [0, 0.05) is 17.0 Å². The molecule has 5 nitrogen and oxygen atoms in total. The van der Waals surface area contributed by atoms with Crippen LogP contribution in [0.4, 0.5) is 4.79 Å². The van der Waals surface area contributed by atoms with Gasteiger partial charge in [-0.2, -0.15) is 0 Å². The minimum Gasteiger partial charge on any atom is -0.485 e. The van der Waals surface area contributed by atoms with E-state index < -0.39 is 5.24 Å². The summed E-state index contributed by atoms with van der Waals surface area (Å²) in [5.41, 5.74) is 1.41. The molecule has 0 bridgehead atoms. The first kappa shape index (κ1) is 19.0. The largest absolute Gasteiger partial charge is 0.485 e. The first-order chi connectivity index (χ1) is 11.9. The third kappa shape index (κ3) is 6.60. The number of nitrogens with one attached hydrogen (secondary N) is 1. The van der Waals surface area contributed by atoms with Crippen molar-refractivity contribution in [1.29, 1.82) is 0 Å². The Kier molecular flexibility index (Phi) is 7.03. The third-order valence-electron chi connectivity index (χ3n) is 3.33. The highest BCUT2D eigenvalue weighted by Gasteiger charge is 2.08. The van der Waals surface area contributed by atoms with Crippen molar-refractivity contribution in [3.05, 3.63) is 64.7 Å². The third-order valence-corrected chi connectivity index (χ3v) is 3.67. The number of rotatable bonds is 7. The van der Waals surface area contributed by atoms with Gasteiger partial charge in [-0.3, -0.25) is 19.7 Å². The number of halogens is 1. The molecule has 130 valence electrons. The summed E-state index contributed by atoms with van der Waals surface area (Å²) < 4.78 is 5.47. The lowest BCUT2D eigenvalue weighted by molar-refractivity contribution is -0.119. The molecule has 0 fully saturated rings. The van der Waals surface area contributed by atoms with E-state index in [1.807, 2.05) is 0 Å². The summed E-state index contributed by atoms with van der Waals surface area (Å²) in [4.78, 5) is 34.1. The van der Waals surface area contributed by atoms with Crippen LogP contribution in [0.1, 0.15) is 22.3 Å². The van der Waals surface area contributed by atoms with E-state index in [0.717, 1.165) is 5.56 Å². The van der Waals surface area contributed by atoms with E-state index in [9.17, 15) is 14.4 Å². The maximum absolute atomic E-state index is 12.0. The predicted octanol–water partition coefficient (Wildman–Crippen LogP) is 3.70. The van der Waals surface area contributed by atoms with Crippen molar-refractivity contribution in [3.63, 3.8) is 0 Å². The summed E-state index contributed by atoms with van der Waals surface area (Å²) in [5, 5.41) is 1.92. The zero-order chi connectivity index (χ0) is 18.2. The van der Waals surface area contributed by atoms with Crippen molar-refractivity contribution in [3.8, 4) is 5.75 Å². The number of benzene rings is 2. The molecule has 0 saturated carbocycles. The number of Topliss-reactive ketones (excluding diaryl/α,β-unsaturated/α-hetero) is 1. The smallest absolute Gasteiger partial charge is 0.282 e. The number of carbonyl (C=O) groups is 3. The van der Waals surface area contributed by atoms with E-state index >= 15 is 0 Å². The number of hydrogen-bond donors (Lipinski definition) is 2. The van der Waals surface area contributed by atoms with Crippen LogP contribution >= 0.6 is 24.2 Å². The van der Waals surface area contributed by atoms with Gasteiger partial charge in [-0.1, -0.05) is 48.5 Å². The molecule has 0 spiro atoms. The van der Waals surface area contributed by atoms with E-state index in [-0.39, 0.29) is 24.7 Å². The second-order valence-electron chi connectivity index (χ2n) is 5.22. The molecule has 0 unspecified atom stereocenters. The molecule has 0 radical (unpaired) electrons. The zero-order valence-electron chi connectivity index (χ0n) is 13.2. The normalized spacial score (nSPS) is 10.2. The van der Waals surface area contributed by atoms with E-state index in [2.05, 4.69) is 17.9 Å². The maximum Gasteiger partial charge on any atom is 0.282 e. The van der Waals surface area contributed by atoms with Crippen LogP contribution < -0.4 is 10.1 Å². The van der Waals surface area contributed by atoms with E-state index in [4.69, 9.17) is 16.3 Å². The van der Waals surface area contributed by atoms with Gasteiger partial charge in [0.05, 0.1) is 0 Å². The Balaban J connectivity index is 1.83. The van der Waals surface area contributed by atoms with Crippen LogP contribution in [0.5, 0.6) is 5.75 Å². The van der Waals surface area contributed by atoms with Crippen molar-refractivity contribution >= 4 is 41.2 Å². The summed E-state index contributed by atoms with van der Waals surface area (Å²) in [5.74, 6) is 0.00114. The number of carbonyl (C=O) groups excluding carboxylic acids is 3. The van der Waals surface area contributed by atoms with E-state index in [0.29, 0.717) is 22.8 Å². The fourth-order valence-corrected chi connectivity index (χ4v) is 2.40. The number of imide groups is 1. The van der Waals surface area contributed by atoms with Crippen LogP contribution in [0.15, 0.2) is 48.5 Å². The molecule has 2 amide bonds. The van der Waals surface area contributed by atoms with Crippen LogP contribution in [0.2, 0.25) is 5.02 Å². The van der Waals surface area contributed by atoms with E-state index in [1.54, 1.807) is 48.5 Å². The molecule has 0 saturated heterocycles. The number of aryl methyl sites for hydroxylation is 1. The Labute approximate surface area is 155 Å². The molecule has 0 aliphatic heterocycles. The summed E-state index contributed by atoms with van der Waals surface area (Å²) in [6.45, 7) is -0.0911. The van der Waals surface area contributed by atoms with Gasteiger partial charge >= 0.3 is 0 Å². The highest BCUT2D eigenvalue weighted by molar-refractivity contribution is 7.96. The average molecular weight is 378 g/mol. The summed E-state index contributed by atoms with van der Waals surface area (Å²) in [7, 11) is 0. The van der Waals surface area contributed by atoms with Crippen LogP contribution in [0, 0.1) is 0 Å². The minimum absolute atomic E-state index is 0.0911. The molecule has 0 aromatic heterocycles. The van der Waals surface area contributed by atoms with Gasteiger partial charge in [0.2, 0.25) is 5.91 Å². The van der Waals surface area contributed by atoms with Gasteiger partial charge in [0.1, 0.15) is 5.75 Å². The van der Waals surface area contributed by atoms with Gasteiger partial charge in [0.25, 0.3) is 5.24 Å². The Bertz CT molecular complexity index is 777. The van der Waals surface area contributed by atoms with Gasteiger partial charge in [-0.15, -0.1) is 0 Å². The quantitative estimate of drug-likeness (QED) is 0.570. The van der Waals surface area contributed by atoms with Gasteiger partial charge < -0.3 is 4.74 Å². The maximum atomic E-state index is 12.0. The fourth-order valence-electron chi connectivity index (χ4n) is 2.09. The Morgan fingerprint density at radius 1 is 1.08 bits per heavy atom. The van der Waals surface area contributed by atoms with Gasteiger partial charge in [-0.05, 0) is 36.2 Å². The topological polar surface area (TPSA) is 72.5 Å². The lowest BCUT2D eigenvalue weighted by Crippen LogP contribution is -2.25. The predicted molar refractivity (Wildman–Crippen MR) is 98.6 cm³/mol. The van der Waals surface area contributed by atoms with E-state index in [1.165, 1.54) is 0 Å². The Morgan fingerprint density at radius 3 is 2.44 bits per heavy atom. The number of ether oxygens (including phenoxy) is 1. The molecule has 0 heterocycles. The second kappa shape index (κ2) is 9.25. The van der Waals surface area contributed by atoms with Crippen molar-refractivity contribution in [1.82, 2.24) is 5.32 Å². The number of ketones is 1. The molecule has 2 aromatic carbocycles. The highest BCUT2D eigenvalue weighted by Crippen LogP contribution is 2.15. The molecule has 0 aliphatic rings. The zero-order valence-corrected chi connectivity index (χ0v) is 14.8. The molecule has 25 heavy (non-hydrogen) atoms. The second-order valence-corrected chi connectivity index (χ2v) is 6.06. The summed E-state index contributed by atoms with van der Waals surface area (Å²) in [6.07, 6.45) is 0.661. The molecule has 2 rings (SSSR count). The van der Waals surface area contributed by atoms with Crippen molar-refractivity contribution in [2.45, 2.75) is 12.8 Å². The molecule has 0 aliphatic carbocycles. The molecule has 1 N–H and O–H groups in total. The number of hydrogen-bond acceptors (Lipinski definition) is 4. The first-order valence-electron chi connectivity index (χ1n) is 7.47. The van der Waals surface area contributed by atoms with Gasteiger partial charge in [-0.25, -0.2) is 0 Å². The van der Waals surface area contributed by atoms with Crippen molar-refractivity contribution < 1.29 is 19.1 Å². The minimum atomic E-state index is -0.668. The lowest BCUT2D eigenvalue weighted by atomic mass is 10.1. The number of amides is 2. The average Bonchev–Trinajstić information content (AvgIpc) is 2.58. The SMILES string of the molecule is O=C(S)NC(=O)CCc1ccc(OCC(=O)c2cccc(Cl)c2)cc1. The van der Waals surface area contributed by atoms with Crippen LogP contribution in [-0.4, -0.2) is 23.5 Å². The Morgan fingerprint density at radius 2 is 1.80 bits per heavy atom. The molecule has 2 aromatic rings. The fraction of sp³-hybridized carbons (Fsp3) is 0.167. The molecular weight excluding hydrogens is 362 g/mol. The molecule has 7 heteroatoms. The van der Waals surface area contributed by atoms with Gasteiger partial charge in [0.15, 0.2) is 12.4 Å². The van der Waals surface area contributed by atoms with Crippen molar-refractivity contribution in [2.24, 2.45) is 0 Å². The standard InChI is InChI=1S/C18H16ClNO4S/c19-14-3-1-2-13(10-14)16(21)11-24-15-7-4-12(5-8-15)6-9-17(22)20-18(23)25/h1-5,7-8,10H,6,9,11H2,(H2,20,22,23,25). The first-order valence-corrected chi connectivity index (χ1v) is 8.30.